The highest BCUT2D eigenvalue weighted by Crippen LogP contribution is 2.27. The average Bonchev–Trinajstić information content (AvgIpc) is 2.92. The molecule has 12 heteroatoms. The molecule has 1 N–H and O–H groups in total. The molecule has 0 amide bonds. The molecule has 2 fully saturated rings. The van der Waals surface area contributed by atoms with Crippen LogP contribution in [0.25, 0.3) is 0 Å². The van der Waals surface area contributed by atoms with Crippen LogP contribution in [-0.4, -0.2) is 64.2 Å². The van der Waals surface area contributed by atoms with Gasteiger partial charge in [-0.3, -0.25) is 0 Å². The van der Waals surface area contributed by atoms with E-state index in [1.807, 2.05) is 0 Å². The summed E-state index contributed by atoms with van der Waals surface area (Å²) in [6, 6.07) is 4.21. The van der Waals surface area contributed by atoms with Gasteiger partial charge in [0.15, 0.2) is 9.84 Å². The van der Waals surface area contributed by atoms with Crippen molar-refractivity contribution in [3.05, 3.63) is 24.3 Å². The summed E-state index contributed by atoms with van der Waals surface area (Å²) in [5, 5.41) is 3.27. The smallest absolute Gasteiger partial charge is 0.406 e. The summed E-state index contributed by atoms with van der Waals surface area (Å²) >= 11 is 0. The van der Waals surface area contributed by atoms with Crippen LogP contribution >= 0.6 is 0 Å². The van der Waals surface area contributed by atoms with E-state index in [-0.39, 0.29) is 41.6 Å². The van der Waals surface area contributed by atoms with Gasteiger partial charge in [-0.15, -0.1) is 13.2 Å². The summed E-state index contributed by atoms with van der Waals surface area (Å²) in [6.07, 6.45) is -3.37. The Morgan fingerprint density at radius 1 is 1.11 bits per heavy atom. The SMILES string of the molecule is O=S1(=O)CC[C@H](NC2CCN(S(=O)(=O)c3cccc(OC(F)(F)F)c3)CC2)C1. The number of piperidine rings is 1. The second-order valence-electron chi connectivity index (χ2n) is 6.97. The van der Waals surface area contributed by atoms with E-state index in [0.717, 1.165) is 12.1 Å². The highest BCUT2D eigenvalue weighted by atomic mass is 32.2. The highest BCUT2D eigenvalue weighted by Gasteiger charge is 2.34. The van der Waals surface area contributed by atoms with Gasteiger partial charge in [-0.05, 0) is 31.4 Å². The minimum absolute atomic E-state index is 0.00430. The maximum absolute atomic E-state index is 12.7. The Morgan fingerprint density at radius 2 is 1.79 bits per heavy atom. The van der Waals surface area contributed by atoms with Crippen LogP contribution in [-0.2, 0) is 19.9 Å². The molecule has 1 aromatic carbocycles. The lowest BCUT2D eigenvalue weighted by Crippen LogP contribution is -2.48. The molecule has 2 heterocycles. The number of ether oxygens (including phenoxy) is 1. The minimum Gasteiger partial charge on any atom is -0.406 e. The predicted octanol–water partition coefficient (Wildman–Crippen LogP) is 1.52. The highest BCUT2D eigenvalue weighted by molar-refractivity contribution is 7.91. The van der Waals surface area contributed by atoms with Gasteiger partial charge < -0.3 is 10.1 Å². The monoisotopic (exact) mass is 442 g/mol. The Labute approximate surface area is 161 Å². The van der Waals surface area contributed by atoms with Gasteiger partial charge in [-0.1, -0.05) is 6.07 Å². The van der Waals surface area contributed by atoms with Gasteiger partial charge >= 0.3 is 6.36 Å². The van der Waals surface area contributed by atoms with Gasteiger partial charge in [0.25, 0.3) is 0 Å². The van der Waals surface area contributed by atoms with Crippen LogP contribution in [0.15, 0.2) is 29.2 Å². The third-order valence-electron chi connectivity index (χ3n) is 4.83. The fraction of sp³-hybridized carbons (Fsp3) is 0.625. The van der Waals surface area contributed by atoms with Gasteiger partial charge in [0.05, 0.1) is 16.4 Å². The summed E-state index contributed by atoms with van der Waals surface area (Å²) in [7, 11) is -6.94. The van der Waals surface area contributed by atoms with Crippen molar-refractivity contribution in [2.45, 2.75) is 42.6 Å². The molecular formula is C16H21F3N2O5S2. The maximum atomic E-state index is 12.7. The number of nitrogens with one attached hydrogen (secondary N) is 1. The van der Waals surface area contributed by atoms with Crippen LogP contribution < -0.4 is 10.1 Å². The Bertz CT molecular complexity index is 910. The second-order valence-corrected chi connectivity index (χ2v) is 11.1. The molecule has 0 spiro atoms. The van der Waals surface area contributed by atoms with Gasteiger partial charge in [0, 0.05) is 31.2 Å². The van der Waals surface area contributed by atoms with E-state index in [1.165, 1.54) is 16.4 Å². The van der Waals surface area contributed by atoms with Crippen molar-refractivity contribution in [3.63, 3.8) is 0 Å². The third kappa shape index (κ3) is 5.37. The largest absolute Gasteiger partial charge is 0.573 e. The molecule has 0 radical (unpaired) electrons. The first-order valence-electron chi connectivity index (χ1n) is 8.77. The van der Waals surface area contributed by atoms with Crippen molar-refractivity contribution in [2.75, 3.05) is 24.6 Å². The number of benzene rings is 1. The molecule has 0 aliphatic carbocycles. The quantitative estimate of drug-likeness (QED) is 0.743. The second kappa shape index (κ2) is 7.81. The summed E-state index contributed by atoms with van der Waals surface area (Å²) in [6.45, 7) is 0.396. The first-order valence-corrected chi connectivity index (χ1v) is 12.0. The van der Waals surface area contributed by atoms with Gasteiger partial charge in [0.1, 0.15) is 5.75 Å². The first-order chi connectivity index (χ1) is 12.9. The van der Waals surface area contributed by atoms with E-state index in [0.29, 0.717) is 19.3 Å². The van der Waals surface area contributed by atoms with Gasteiger partial charge in [0.2, 0.25) is 10.0 Å². The van der Waals surface area contributed by atoms with E-state index in [2.05, 4.69) is 10.1 Å². The Hall–Kier alpha value is -1.37. The lowest BCUT2D eigenvalue weighted by molar-refractivity contribution is -0.274. The molecule has 0 unspecified atom stereocenters. The van der Waals surface area contributed by atoms with Gasteiger partial charge in [-0.2, -0.15) is 4.31 Å². The zero-order valence-electron chi connectivity index (χ0n) is 14.9. The summed E-state index contributed by atoms with van der Waals surface area (Å²) < 4.78 is 90.6. The number of rotatable bonds is 5. The van der Waals surface area contributed by atoms with Crippen molar-refractivity contribution in [2.24, 2.45) is 0 Å². The van der Waals surface area contributed by atoms with Crippen molar-refractivity contribution >= 4 is 19.9 Å². The topological polar surface area (TPSA) is 92.8 Å². The van der Waals surface area contributed by atoms with Crippen molar-refractivity contribution < 1.29 is 34.7 Å². The van der Waals surface area contributed by atoms with Crippen LogP contribution in [0.1, 0.15) is 19.3 Å². The minimum atomic E-state index is -4.90. The molecular weight excluding hydrogens is 421 g/mol. The van der Waals surface area contributed by atoms with Crippen molar-refractivity contribution in [1.82, 2.24) is 9.62 Å². The van der Waals surface area contributed by atoms with Crippen LogP contribution in [0.5, 0.6) is 5.75 Å². The molecule has 158 valence electrons. The molecule has 2 saturated heterocycles. The lowest BCUT2D eigenvalue weighted by atomic mass is 10.1. The molecule has 0 bridgehead atoms. The molecule has 1 atom stereocenters. The Kier molecular flexibility index (Phi) is 5.95. The fourth-order valence-corrected chi connectivity index (χ4v) is 6.70. The van der Waals surface area contributed by atoms with Crippen molar-refractivity contribution in [3.8, 4) is 5.75 Å². The molecule has 2 aliphatic rings. The predicted molar refractivity (Wildman–Crippen MR) is 95.1 cm³/mol. The van der Waals surface area contributed by atoms with E-state index >= 15 is 0 Å². The summed E-state index contributed by atoms with van der Waals surface area (Å²) in [5.41, 5.74) is 0. The summed E-state index contributed by atoms with van der Waals surface area (Å²) in [5.74, 6) is -0.335. The third-order valence-corrected chi connectivity index (χ3v) is 8.50. The Balaban J connectivity index is 1.61. The number of sulfone groups is 1. The molecule has 1 aromatic rings. The van der Waals surface area contributed by atoms with E-state index in [1.54, 1.807) is 0 Å². The van der Waals surface area contributed by atoms with Crippen molar-refractivity contribution in [1.29, 1.82) is 0 Å². The number of nitrogens with zero attached hydrogens (tertiary/aromatic N) is 1. The molecule has 3 rings (SSSR count). The standard InChI is InChI=1S/C16H21F3N2O5S2/c17-16(18,19)26-14-2-1-3-15(10-14)28(24,25)21-7-4-12(5-8-21)20-13-6-9-27(22,23)11-13/h1-3,10,12-13,20H,4-9,11H2/t13-/m0/s1. The van der Waals surface area contributed by atoms with Crippen LogP contribution in [0.3, 0.4) is 0 Å². The van der Waals surface area contributed by atoms with Crippen LogP contribution in [0, 0.1) is 0 Å². The number of sulfonamides is 1. The van der Waals surface area contributed by atoms with Crippen LogP contribution in [0.4, 0.5) is 13.2 Å². The molecule has 0 saturated carbocycles. The van der Waals surface area contributed by atoms with E-state index < -0.39 is 32.0 Å². The molecule has 7 nitrogen and oxygen atoms in total. The molecule has 0 aromatic heterocycles. The molecule has 2 aliphatic heterocycles. The lowest BCUT2D eigenvalue weighted by Gasteiger charge is -2.33. The van der Waals surface area contributed by atoms with Gasteiger partial charge in [-0.25, -0.2) is 16.8 Å². The van der Waals surface area contributed by atoms with E-state index in [9.17, 15) is 30.0 Å². The molecule has 28 heavy (non-hydrogen) atoms. The number of hydrogen-bond acceptors (Lipinski definition) is 6. The zero-order chi connectivity index (χ0) is 20.6. The number of hydrogen-bond donors (Lipinski definition) is 1. The number of alkyl halides is 3. The summed E-state index contributed by atoms with van der Waals surface area (Å²) in [4.78, 5) is -0.262. The Morgan fingerprint density at radius 3 is 2.36 bits per heavy atom. The van der Waals surface area contributed by atoms with E-state index in [4.69, 9.17) is 0 Å². The first kappa shape index (κ1) is 21.3. The maximum Gasteiger partial charge on any atom is 0.573 e. The fourth-order valence-electron chi connectivity index (χ4n) is 3.50. The van der Waals surface area contributed by atoms with Crippen LogP contribution in [0.2, 0.25) is 0 Å². The number of halogens is 3. The average molecular weight is 442 g/mol. The zero-order valence-corrected chi connectivity index (χ0v) is 16.5. The normalized spacial score (nSPS) is 24.3.